The van der Waals surface area contributed by atoms with Gasteiger partial charge in [0.05, 0.1) is 7.11 Å². The smallest absolute Gasteiger partial charge is 0.119 e. The number of piperazine rings is 1. The summed E-state index contributed by atoms with van der Waals surface area (Å²) in [5.74, 6) is 0.953. The van der Waals surface area contributed by atoms with Gasteiger partial charge < -0.3 is 15.0 Å². The van der Waals surface area contributed by atoms with Crippen LogP contribution in [0.3, 0.4) is 0 Å². The quantitative estimate of drug-likeness (QED) is 0.881. The Labute approximate surface area is 153 Å². The van der Waals surface area contributed by atoms with Crippen molar-refractivity contribution in [3.63, 3.8) is 0 Å². The van der Waals surface area contributed by atoms with Gasteiger partial charge >= 0.3 is 0 Å². The summed E-state index contributed by atoms with van der Waals surface area (Å²) in [6, 6.07) is 8.95. The predicted molar refractivity (Wildman–Crippen MR) is 102 cm³/mol. The number of halogens is 1. The van der Waals surface area contributed by atoms with E-state index in [1.54, 1.807) is 7.11 Å². The van der Waals surface area contributed by atoms with Gasteiger partial charge in [0.2, 0.25) is 0 Å². The molecule has 0 aromatic heterocycles. The molecule has 1 aromatic carbocycles. The molecular weight excluding hydrogens is 322 g/mol. The number of nitrogens with zero attached hydrogens (tertiary/aromatic N) is 2. The second-order valence-electron chi connectivity index (χ2n) is 7.50. The summed E-state index contributed by atoms with van der Waals surface area (Å²) in [5, 5.41) is 3.51. The molecule has 0 amide bonds. The summed E-state index contributed by atoms with van der Waals surface area (Å²) in [4.78, 5) is 5.25. The largest absolute Gasteiger partial charge is 0.497 e. The minimum Gasteiger partial charge on any atom is -0.497 e. The molecular formula is C19H32ClN3O. The van der Waals surface area contributed by atoms with Crippen LogP contribution in [0.25, 0.3) is 0 Å². The van der Waals surface area contributed by atoms with Crippen molar-refractivity contribution in [1.82, 2.24) is 15.1 Å². The van der Waals surface area contributed by atoms with E-state index in [0.717, 1.165) is 18.8 Å². The Hall–Kier alpha value is -0.810. The third-order valence-electron chi connectivity index (χ3n) is 5.59. The Morgan fingerprint density at radius 3 is 2.62 bits per heavy atom. The van der Waals surface area contributed by atoms with Crippen LogP contribution in [0, 0.1) is 5.41 Å². The van der Waals surface area contributed by atoms with Crippen molar-refractivity contribution < 1.29 is 4.74 Å². The molecule has 1 aromatic rings. The molecule has 1 N–H and O–H groups in total. The van der Waals surface area contributed by atoms with Crippen LogP contribution in [0.4, 0.5) is 0 Å². The first-order valence-electron chi connectivity index (χ1n) is 8.91. The van der Waals surface area contributed by atoms with Gasteiger partial charge in [-0.1, -0.05) is 19.1 Å². The molecule has 0 radical (unpaired) electrons. The minimum absolute atomic E-state index is 0. The lowest BCUT2D eigenvalue weighted by Gasteiger charge is -2.41. The van der Waals surface area contributed by atoms with Crippen LogP contribution in [-0.2, 0) is 0 Å². The standard InChI is InChI=1S/C19H31N3O.ClH/c1-16(17-5-4-6-18(13-17)23-3)22-11-9-21(10-12-22)15-19(2)7-8-20-14-19;/h4-6,13,16,20H,7-12,14-15H2,1-3H3;1H. The van der Waals surface area contributed by atoms with E-state index in [4.69, 9.17) is 4.74 Å². The Kier molecular flexibility index (Phi) is 6.93. The highest BCUT2D eigenvalue weighted by molar-refractivity contribution is 5.85. The van der Waals surface area contributed by atoms with E-state index in [1.165, 1.54) is 44.7 Å². The molecule has 2 saturated heterocycles. The van der Waals surface area contributed by atoms with Crippen LogP contribution in [-0.4, -0.2) is 62.7 Å². The summed E-state index contributed by atoms with van der Waals surface area (Å²) >= 11 is 0. The molecule has 2 fully saturated rings. The molecule has 4 nitrogen and oxygen atoms in total. The zero-order valence-electron chi connectivity index (χ0n) is 15.3. The molecule has 0 aliphatic carbocycles. The molecule has 0 saturated carbocycles. The van der Waals surface area contributed by atoms with Gasteiger partial charge in [0, 0.05) is 45.3 Å². The first-order valence-corrected chi connectivity index (χ1v) is 8.91. The molecule has 136 valence electrons. The normalized spacial score (nSPS) is 26.8. The van der Waals surface area contributed by atoms with Gasteiger partial charge in [-0.15, -0.1) is 12.4 Å². The van der Waals surface area contributed by atoms with Gasteiger partial charge in [-0.2, -0.15) is 0 Å². The second-order valence-corrected chi connectivity index (χ2v) is 7.50. The zero-order chi connectivity index (χ0) is 16.3. The number of hydrogen-bond acceptors (Lipinski definition) is 4. The average Bonchev–Trinajstić information content (AvgIpc) is 3.01. The summed E-state index contributed by atoms with van der Waals surface area (Å²) < 4.78 is 5.36. The number of nitrogens with one attached hydrogen (secondary N) is 1. The summed E-state index contributed by atoms with van der Waals surface area (Å²) in [6.45, 7) is 13.0. The van der Waals surface area contributed by atoms with Crippen molar-refractivity contribution in [2.75, 3.05) is 52.9 Å². The first kappa shape index (κ1) is 19.5. The number of hydrogen-bond donors (Lipinski definition) is 1. The maximum absolute atomic E-state index is 5.36. The fourth-order valence-corrected chi connectivity index (χ4v) is 3.96. The van der Waals surface area contributed by atoms with Crippen LogP contribution in [0.5, 0.6) is 5.75 Å². The fraction of sp³-hybridized carbons (Fsp3) is 0.684. The number of ether oxygens (including phenoxy) is 1. The van der Waals surface area contributed by atoms with Crippen LogP contribution in [0.15, 0.2) is 24.3 Å². The Morgan fingerprint density at radius 2 is 2.00 bits per heavy atom. The molecule has 2 heterocycles. The van der Waals surface area contributed by atoms with Gasteiger partial charge in [-0.05, 0) is 43.0 Å². The van der Waals surface area contributed by atoms with Crippen molar-refractivity contribution in [2.24, 2.45) is 5.41 Å². The lowest BCUT2D eigenvalue weighted by Crippen LogP contribution is -2.50. The van der Waals surface area contributed by atoms with Crippen molar-refractivity contribution in [3.8, 4) is 5.75 Å². The van der Waals surface area contributed by atoms with Gasteiger partial charge in [-0.25, -0.2) is 0 Å². The van der Waals surface area contributed by atoms with Gasteiger partial charge in [-0.3, -0.25) is 4.90 Å². The van der Waals surface area contributed by atoms with Crippen molar-refractivity contribution >= 4 is 12.4 Å². The monoisotopic (exact) mass is 353 g/mol. The highest BCUT2D eigenvalue weighted by Crippen LogP contribution is 2.28. The number of methoxy groups -OCH3 is 1. The van der Waals surface area contributed by atoms with E-state index >= 15 is 0 Å². The van der Waals surface area contributed by atoms with E-state index < -0.39 is 0 Å². The Balaban J connectivity index is 0.00000208. The molecule has 2 atom stereocenters. The predicted octanol–water partition coefficient (Wildman–Crippen LogP) is 2.80. The molecule has 24 heavy (non-hydrogen) atoms. The first-order chi connectivity index (χ1) is 11.1. The molecule has 2 unspecified atom stereocenters. The van der Waals surface area contributed by atoms with E-state index in [0.29, 0.717) is 11.5 Å². The van der Waals surface area contributed by atoms with Crippen LogP contribution < -0.4 is 10.1 Å². The molecule has 0 spiro atoms. The third-order valence-corrected chi connectivity index (χ3v) is 5.59. The minimum atomic E-state index is 0. The Bertz CT molecular complexity index is 511. The maximum atomic E-state index is 5.36. The van der Waals surface area contributed by atoms with Crippen LogP contribution >= 0.6 is 12.4 Å². The van der Waals surface area contributed by atoms with Gasteiger partial charge in [0.1, 0.15) is 5.75 Å². The van der Waals surface area contributed by atoms with Crippen LogP contribution in [0.1, 0.15) is 31.9 Å². The van der Waals surface area contributed by atoms with Gasteiger partial charge in [0.25, 0.3) is 0 Å². The fourth-order valence-electron chi connectivity index (χ4n) is 3.96. The zero-order valence-corrected chi connectivity index (χ0v) is 16.1. The van der Waals surface area contributed by atoms with E-state index in [2.05, 4.69) is 47.2 Å². The molecule has 5 heteroatoms. The van der Waals surface area contributed by atoms with Crippen LogP contribution in [0.2, 0.25) is 0 Å². The number of benzene rings is 1. The third kappa shape index (κ3) is 4.63. The van der Waals surface area contributed by atoms with Gasteiger partial charge in [0.15, 0.2) is 0 Å². The molecule has 3 rings (SSSR count). The molecule has 2 aliphatic rings. The average molecular weight is 354 g/mol. The lowest BCUT2D eigenvalue weighted by molar-refractivity contribution is 0.0760. The highest BCUT2D eigenvalue weighted by Gasteiger charge is 2.32. The summed E-state index contributed by atoms with van der Waals surface area (Å²) in [7, 11) is 1.74. The van der Waals surface area contributed by atoms with Crippen molar-refractivity contribution in [1.29, 1.82) is 0 Å². The van der Waals surface area contributed by atoms with E-state index in [-0.39, 0.29) is 12.4 Å². The maximum Gasteiger partial charge on any atom is 0.119 e. The second kappa shape index (κ2) is 8.52. The van der Waals surface area contributed by atoms with Crippen molar-refractivity contribution in [3.05, 3.63) is 29.8 Å². The summed E-state index contributed by atoms with van der Waals surface area (Å²) in [6.07, 6.45) is 1.31. The molecule has 0 bridgehead atoms. The molecule has 2 aliphatic heterocycles. The van der Waals surface area contributed by atoms with E-state index in [9.17, 15) is 0 Å². The SMILES string of the molecule is COc1cccc(C(C)N2CCN(CC3(C)CCNC3)CC2)c1.Cl. The Morgan fingerprint density at radius 1 is 1.25 bits per heavy atom. The topological polar surface area (TPSA) is 27.7 Å². The number of rotatable bonds is 5. The lowest BCUT2D eigenvalue weighted by atomic mass is 9.89. The van der Waals surface area contributed by atoms with Crippen molar-refractivity contribution in [2.45, 2.75) is 26.3 Å². The van der Waals surface area contributed by atoms with E-state index in [1.807, 2.05) is 6.07 Å². The highest BCUT2D eigenvalue weighted by atomic mass is 35.5. The summed E-state index contributed by atoms with van der Waals surface area (Å²) in [5.41, 5.74) is 1.82.